The molecule has 0 unspecified atom stereocenters. The lowest BCUT2D eigenvalue weighted by molar-refractivity contribution is -0.192. The molecule has 0 atom stereocenters. The van der Waals surface area contributed by atoms with Crippen LogP contribution in [-0.4, -0.2) is 15.0 Å². The Bertz CT molecular complexity index is 1270. The Labute approximate surface area is 183 Å². The molecule has 4 aromatic rings. The quantitative estimate of drug-likeness (QED) is 0.180. The summed E-state index contributed by atoms with van der Waals surface area (Å²) in [7, 11) is 0. The molecule has 2 aromatic heterocycles. The number of nitrogens with zero attached hydrogens (tertiary/aromatic N) is 3. The smallest absolute Gasteiger partial charge is 0.426 e. The Balaban J connectivity index is 1.56. The summed E-state index contributed by atoms with van der Waals surface area (Å²) in [5.74, 6) is -7.03. The van der Waals surface area contributed by atoms with E-state index in [4.69, 9.17) is 0 Å². The second-order valence-corrected chi connectivity index (χ2v) is 7.79. The van der Waals surface area contributed by atoms with Crippen molar-refractivity contribution in [3.8, 4) is 16.3 Å². The monoisotopic (exact) mass is 463 g/mol. The lowest BCUT2D eigenvalue weighted by Crippen LogP contribution is -2.25. The van der Waals surface area contributed by atoms with E-state index in [1.165, 1.54) is 11.3 Å². The number of ether oxygens (including phenoxy) is 1. The maximum Gasteiger partial charge on any atom is 0.462 e. The van der Waals surface area contributed by atoms with Crippen molar-refractivity contribution in [2.75, 3.05) is 0 Å². The van der Waals surface area contributed by atoms with Gasteiger partial charge in [0, 0.05) is 30.1 Å². The van der Waals surface area contributed by atoms with E-state index in [0.29, 0.717) is 22.7 Å². The highest BCUT2D eigenvalue weighted by Crippen LogP contribution is 2.33. The van der Waals surface area contributed by atoms with Gasteiger partial charge in [0.15, 0.2) is 17.5 Å². The van der Waals surface area contributed by atoms with Gasteiger partial charge in [-0.3, -0.25) is 0 Å². The SMILES string of the molecule is C=CCCc1ccc2nc(-c3cnc(C(F)(F)Oc4cc(F)c(F)c(F)c4)nc3)sc2c1. The Morgan fingerprint density at radius 2 is 1.72 bits per heavy atom. The molecule has 2 heterocycles. The third-order valence-electron chi connectivity index (χ3n) is 4.45. The van der Waals surface area contributed by atoms with Crippen LogP contribution in [0.1, 0.15) is 17.8 Å². The van der Waals surface area contributed by atoms with Gasteiger partial charge < -0.3 is 4.74 Å². The molecule has 4 rings (SSSR count). The maximum absolute atomic E-state index is 14.3. The molecule has 32 heavy (non-hydrogen) atoms. The first-order chi connectivity index (χ1) is 15.3. The molecule has 10 heteroatoms. The predicted molar refractivity (Wildman–Crippen MR) is 110 cm³/mol. The van der Waals surface area contributed by atoms with Crippen molar-refractivity contribution in [1.82, 2.24) is 15.0 Å². The van der Waals surface area contributed by atoms with Crippen molar-refractivity contribution in [2.45, 2.75) is 19.0 Å². The van der Waals surface area contributed by atoms with E-state index in [0.717, 1.165) is 41.0 Å². The van der Waals surface area contributed by atoms with E-state index in [2.05, 4.69) is 26.3 Å². The summed E-state index contributed by atoms with van der Waals surface area (Å²) < 4.78 is 73.4. The molecule has 0 fully saturated rings. The van der Waals surface area contributed by atoms with E-state index in [1.54, 1.807) is 0 Å². The van der Waals surface area contributed by atoms with Gasteiger partial charge in [-0.15, -0.1) is 17.9 Å². The summed E-state index contributed by atoms with van der Waals surface area (Å²) in [6.45, 7) is 3.71. The van der Waals surface area contributed by atoms with E-state index < -0.39 is 35.1 Å². The van der Waals surface area contributed by atoms with Gasteiger partial charge in [0.2, 0.25) is 5.82 Å². The first kappa shape index (κ1) is 21.8. The van der Waals surface area contributed by atoms with Crippen LogP contribution in [0.4, 0.5) is 22.0 Å². The molecule has 0 radical (unpaired) electrons. The second-order valence-electron chi connectivity index (χ2n) is 6.76. The van der Waals surface area contributed by atoms with Crippen LogP contribution >= 0.6 is 11.3 Å². The lowest BCUT2D eigenvalue weighted by Gasteiger charge is -2.16. The fraction of sp³-hybridized carbons (Fsp3) is 0.136. The zero-order valence-corrected chi connectivity index (χ0v) is 17.1. The van der Waals surface area contributed by atoms with Crippen LogP contribution in [0.3, 0.4) is 0 Å². The third-order valence-corrected chi connectivity index (χ3v) is 5.52. The molecule has 4 nitrogen and oxygen atoms in total. The lowest BCUT2D eigenvalue weighted by atomic mass is 10.1. The number of aromatic nitrogens is 3. The molecule has 0 aliphatic heterocycles. The van der Waals surface area contributed by atoms with Gasteiger partial charge in [-0.2, -0.15) is 8.78 Å². The van der Waals surface area contributed by atoms with Gasteiger partial charge in [0.05, 0.1) is 10.2 Å². The van der Waals surface area contributed by atoms with Crippen LogP contribution in [0.15, 0.2) is 55.4 Å². The minimum absolute atomic E-state index is 0.311. The maximum atomic E-state index is 14.3. The number of hydrogen-bond acceptors (Lipinski definition) is 5. The Hall–Kier alpha value is -3.40. The Morgan fingerprint density at radius 1 is 1.03 bits per heavy atom. The van der Waals surface area contributed by atoms with Gasteiger partial charge in [-0.25, -0.2) is 28.1 Å². The first-order valence-electron chi connectivity index (χ1n) is 9.31. The normalized spacial score (nSPS) is 11.7. The Kier molecular flexibility index (Phi) is 5.88. The van der Waals surface area contributed by atoms with Crippen LogP contribution in [-0.2, 0) is 12.5 Å². The van der Waals surface area contributed by atoms with E-state index in [9.17, 15) is 22.0 Å². The second kappa shape index (κ2) is 8.62. The van der Waals surface area contributed by atoms with Crippen molar-refractivity contribution >= 4 is 21.6 Å². The van der Waals surface area contributed by atoms with Gasteiger partial charge in [-0.1, -0.05) is 12.1 Å². The van der Waals surface area contributed by atoms with Crippen LogP contribution in [0.2, 0.25) is 0 Å². The van der Waals surface area contributed by atoms with Gasteiger partial charge in [0.1, 0.15) is 10.8 Å². The molecular weight excluding hydrogens is 449 g/mol. The molecule has 0 saturated carbocycles. The van der Waals surface area contributed by atoms with Crippen molar-refractivity contribution in [3.05, 3.63) is 84.2 Å². The largest absolute Gasteiger partial charge is 0.462 e. The predicted octanol–water partition coefficient (Wildman–Crippen LogP) is 6.42. The number of fused-ring (bicyclic) bond motifs is 1. The van der Waals surface area contributed by atoms with Crippen LogP contribution in [0.25, 0.3) is 20.8 Å². The number of allylic oxidation sites excluding steroid dienone is 1. The molecule has 0 spiro atoms. The topological polar surface area (TPSA) is 47.9 Å². The first-order valence-corrected chi connectivity index (χ1v) is 10.1. The molecule has 0 amide bonds. The molecule has 0 N–H and O–H groups in total. The average molecular weight is 463 g/mol. The number of hydrogen-bond donors (Lipinski definition) is 0. The standard InChI is InChI=1S/C22H14F5N3OS/c1-2-3-4-12-5-6-17-18(7-12)32-20(30-17)13-10-28-21(29-11-13)22(26,27)31-14-8-15(23)19(25)16(24)9-14/h2,5-11H,1,3-4H2. The fourth-order valence-corrected chi connectivity index (χ4v) is 3.89. The fourth-order valence-electron chi connectivity index (χ4n) is 2.89. The molecule has 164 valence electrons. The van der Waals surface area contributed by atoms with Crippen LogP contribution in [0, 0.1) is 17.5 Å². The Morgan fingerprint density at radius 3 is 2.38 bits per heavy atom. The van der Waals surface area contributed by atoms with Gasteiger partial charge >= 0.3 is 6.11 Å². The molecule has 0 aliphatic carbocycles. The number of thiazole rings is 1. The zero-order chi connectivity index (χ0) is 22.9. The van der Waals surface area contributed by atoms with Gasteiger partial charge in [0.25, 0.3) is 0 Å². The number of aryl methyl sites for hydroxylation is 1. The van der Waals surface area contributed by atoms with Crippen LogP contribution < -0.4 is 4.74 Å². The summed E-state index contributed by atoms with van der Waals surface area (Å²) in [5, 5.41) is 0.541. The van der Waals surface area contributed by atoms with Crippen molar-refractivity contribution in [1.29, 1.82) is 0 Å². The summed E-state index contributed by atoms with van der Waals surface area (Å²) in [5.41, 5.74) is 2.30. The van der Waals surface area contributed by atoms with E-state index >= 15 is 0 Å². The summed E-state index contributed by atoms with van der Waals surface area (Å²) in [6, 6.07) is 6.48. The number of rotatable bonds is 7. The minimum atomic E-state index is -4.11. The zero-order valence-electron chi connectivity index (χ0n) is 16.3. The highest BCUT2D eigenvalue weighted by atomic mass is 32.1. The molecule has 0 aliphatic rings. The van der Waals surface area contributed by atoms with Gasteiger partial charge in [-0.05, 0) is 30.5 Å². The summed E-state index contributed by atoms with van der Waals surface area (Å²) >= 11 is 1.36. The number of alkyl halides is 2. The molecule has 2 aromatic carbocycles. The van der Waals surface area contributed by atoms with E-state index in [-0.39, 0.29) is 0 Å². The number of benzene rings is 2. The molecular formula is C22H14F5N3OS. The summed E-state index contributed by atoms with van der Waals surface area (Å²) in [6.07, 6.45) is 1.73. The van der Waals surface area contributed by atoms with E-state index in [1.807, 2.05) is 24.3 Å². The van der Waals surface area contributed by atoms with Crippen molar-refractivity contribution in [3.63, 3.8) is 0 Å². The highest BCUT2D eigenvalue weighted by molar-refractivity contribution is 7.21. The minimum Gasteiger partial charge on any atom is -0.426 e. The highest BCUT2D eigenvalue weighted by Gasteiger charge is 2.39. The molecule has 0 saturated heterocycles. The third kappa shape index (κ3) is 4.45. The van der Waals surface area contributed by atoms with Crippen molar-refractivity contribution in [2.24, 2.45) is 0 Å². The number of halogens is 5. The van der Waals surface area contributed by atoms with Crippen molar-refractivity contribution < 1.29 is 26.7 Å². The summed E-state index contributed by atoms with van der Waals surface area (Å²) in [4.78, 5) is 11.7. The van der Waals surface area contributed by atoms with Crippen LogP contribution in [0.5, 0.6) is 5.75 Å². The molecule has 0 bridgehead atoms. The average Bonchev–Trinajstić information content (AvgIpc) is 3.19.